The summed E-state index contributed by atoms with van der Waals surface area (Å²) in [6.45, 7) is 0. The van der Waals surface area contributed by atoms with Gasteiger partial charge in [0.05, 0.1) is 11.1 Å². The van der Waals surface area contributed by atoms with Gasteiger partial charge >= 0.3 is 0 Å². The van der Waals surface area contributed by atoms with Gasteiger partial charge in [-0.25, -0.2) is 0 Å². The first kappa shape index (κ1) is 15.5. The molecule has 2 N–H and O–H groups in total. The lowest BCUT2D eigenvalue weighted by Gasteiger charge is -2.36. The van der Waals surface area contributed by atoms with Crippen LogP contribution < -0.4 is 5.73 Å². The first-order chi connectivity index (χ1) is 11.2. The lowest BCUT2D eigenvalue weighted by Crippen LogP contribution is -2.40. The molecular formula is C20H22N2O. The number of allylic oxidation sites excluding steroid dienone is 5. The Bertz CT molecular complexity index is 687. The number of ketones is 1. The van der Waals surface area contributed by atoms with Crippen molar-refractivity contribution in [1.82, 2.24) is 0 Å². The predicted octanol–water partition coefficient (Wildman–Crippen LogP) is 4.48. The van der Waals surface area contributed by atoms with Gasteiger partial charge in [0, 0.05) is 17.5 Å². The van der Waals surface area contributed by atoms with Crippen LogP contribution in [0.4, 0.5) is 5.69 Å². The van der Waals surface area contributed by atoms with Crippen molar-refractivity contribution in [3.63, 3.8) is 0 Å². The average molecular weight is 306 g/mol. The summed E-state index contributed by atoms with van der Waals surface area (Å²) >= 11 is 0. The zero-order chi connectivity index (χ0) is 16.1. The number of benzene rings is 1. The Kier molecular flexibility index (Phi) is 4.56. The molecule has 0 amide bonds. The molecule has 0 saturated heterocycles. The van der Waals surface area contributed by atoms with Gasteiger partial charge in [-0.1, -0.05) is 37.5 Å². The van der Waals surface area contributed by atoms with Crippen LogP contribution in [-0.2, 0) is 0 Å². The number of carbonyl (C=O) groups is 1. The Labute approximate surface area is 137 Å². The van der Waals surface area contributed by atoms with E-state index in [0.29, 0.717) is 5.69 Å². The minimum Gasteiger partial charge on any atom is -0.399 e. The highest BCUT2D eigenvalue weighted by Gasteiger charge is 2.43. The van der Waals surface area contributed by atoms with Gasteiger partial charge in [-0.3, -0.25) is 9.79 Å². The molecule has 0 radical (unpaired) electrons. The summed E-state index contributed by atoms with van der Waals surface area (Å²) in [5.74, 6) is 0.165. The molecule has 1 heterocycles. The van der Waals surface area contributed by atoms with Crippen molar-refractivity contribution >= 4 is 17.2 Å². The third kappa shape index (κ3) is 3.19. The van der Waals surface area contributed by atoms with Gasteiger partial charge in [0.1, 0.15) is 0 Å². The third-order valence-electron chi connectivity index (χ3n) is 4.69. The minimum atomic E-state index is -0.514. The Morgan fingerprint density at radius 3 is 2.39 bits per heavy atom. The number of hydrogen-bond acceptors (Lipinski definition) is 3. The molecule has 1 aliphatic carbocycles. The Balaban J connectivity index is 2.02. The molecule has 0 spiro atoms. The summed E-state index contributed by atoms with van der Waals surface area (Å²) < 4.78 is 0. The van der Waals surface area contributed by atoms with Gasteiger partial charge in [-0.15, -0.1) is 0 Å². The highest BCUT2D eigenvalue weighted by atomic mass is 16.1. The van der Waals surface area contributed by atoms with E-state index < -0.39 is 5.41 Å². The molecule has 1 fully saturated rings. The maximum atomic E-state index is 13.3. The van der Waals surface area contributed by atoms with Crippen LogP contribution in [0, 0.1) is 5.41 Å². The number of hydrogen-bond donors (Lipinski definition) is 1. The van der Waals surface area contributed by atoms with E-state index in [2.05, 4.69) is 4.99 Å². The maximum absolute atomic E-state index is 13.3. The normalized spacial score (nSPS) is 19.7. The quantitative estimate of drug-likeness (QED) is 0.661. The van der Waals surface area contributed by atoms with Gasteiger partial charge in [0.15, 0.2) is 5.78 Å². The van der Waals surface area contributed by atoms with E-state index in [1.807, 2.05) is 42.5 Å². The van der Waals surface area contributed by atoms with Crippen LogP contribution in [-0.4, -0.2) is 11.5 Å². The molecular weight excluding hydrogens is 284 g/mol. The highest BCUT2D eigenvalue weighted by molar-refractivity contribution is 6.20. The summed E-state index contributed by atoms with van der Waals surface area (Å²) in [5, 5.41) is 0. The molecule has 3 rings (SSSR count). The molecule has 23 heavy (non-hydrogen) atoms. The van der Waals surface area contributed by atoms with Crippen molar-refractivity contribution in [2.24, 2.45) is 10.4 Å². The fraction of sp³-hybridized carbons (Fsp3) is 0.300. The molecule has 1 aliphatic heterocycles. The summed E-state index contributed by atoms with van der Waals surface area (Å²) in [6.07, 6.45) is 16.6. The van der Waals surface area contributed by atoms with Gasteiger partial charge in [-0.2, -0.15) is 0 Å². The van der Waals surface area contributed by atoms with Gasteiger partial charge in [0.2, 0.25) is 0 Å². The van der Waals surface area contributed by atoms with Crippen LogP contribution in [0.2, 0.25) is 0 Å². The zero-order valence-electron chi connectivity index (χ0n) is 13.2. The SMILES string of the molecule is Nc1ccc(C(=O)C2(C3=NC=CC=CC=C3)CCCCC2)cc1. The van der Waals surface area contributed by atoms with Crippen molar-refractivity contribution < 1.29 is 4.79 Å². The Hall–Kier alpha value is -2.42. The van der Waals surface area contributed by atoms with Gasteiger partial charge in [0.25, 0.3) is 0 Å². The van der Waals surface area contributed by atoms with E-state index in [1.54, 1.807) is 18.3 Å². The van der Waals surface area contributed by atoms with E-state index in [-0.39, 0.29) is 5.78 Å². The fourth-order valence-electron chi connectivity index (χ4n) is 3.44. The second-order valence-electron chi connectivity index (χ2n) is 6.19. The maximum Gasteiger partial charge on any atom is 0.174 e. The number of Topliss-reactive ketones (excluding diaryl/α,β-unsaturated/α-hetero) is 1. The summed E-state index contributed by atoms with van der Waals surface area (Å²) in [5.41, 5.74) is 7.51. The molecule has 0 aromatic heterocycles. The standard InChI is InChI=1S/C20H22N2O/c21-17-11-9-16(10-12-17)19(23)20(13-5-3-6-14-20)18-8-4-1-2-7-15-22-18/h1-2,4,7-12,15H,3,5-6,13-14,21H2. The van der Waals surface area contributed by atoms with Crippen molar-refractivity contribution in [2.75, 3.05) is 5.73 Å². The lowest BCUT2D eigenvalue weighted by molar-refractivity contribution is 0.0827. The topological polar surface area (TPSA) is 55.5 Å². The summed E-state index contributed by atoms with van der Waals surface area (Å²) in [4.78, 5) is 17.9. The smallest absolute Gasteiger partial charge is 0.174 e. The second kappa shape index (κ2) is 6.78. The number of rotatable bonds is 3. The first-order valence-electron chi connectivity index (χ1n) is 8.21. The number of nitrogens with zero attached hydrogens (tertiary/aromatic N) is 1. The number of carbonyl (C=O) groups excluding carboxylic acids is 1. The van der Waals surface area contributed by atoms with Crippen molar-refractivity contribution in [3.8, 4) is 0 Å². The molecule has 1 aromatic rings. The Morgan fingerprint density at radius 1 is 0.957 bits per heavy atom. The molecule has 0 bridgehead atoms. The third-order valence-corrected chi connectivity index (χ3v) is 4.69. The lowest BCUT2D eigenvalue weighted by atomic mass is 9.66. The van der Waals surface area contributed by atoms with Crippen LogP contribution in [0.25, 0.3) is 0 Å². The molecule has 3 heteroatoms. The second-order valence-corrected chi connectivity index (χ2v) is 6.19. The van der Waals surface area contributed by atoms with Crippen molar-refractivity contribution in [3.05, 3.63) is 66.4 Å². The first-order valence-corrected chi connectivity index (χ1v) is 8.21. The summed E-state index contributed by atoms with van der Waals surface area (Å²) in [7, 11) is 0. The highest BCUT2D eigenvalue weighted by Crippen LogP contribution is 2.41. The van der Waals surface area contributed by atoms with E-state index >= 15 is 0 Å². The molecule has 3 nitrogen and oxygen atoms in total. The fourth-order valence-corrected chi connectivity index (χ4v) is 3.44. The summed E-state index contributed by atoms with van der Waals surface area (Å²) in [6, 6.07) is 7.25. The molecule has 1 saturated carbocycles. The van der Waals surface area contributed by atoms with Crippen molar-refractivity contribution in [1.29, 1.82) is 0 Å². The Morgan fingerprint density at radius 2 is 1.65 bits per heavy atom. The van der Waals surface area contributed by atoms with E-state index in [9.17, 15) is 4.79 Å². The van der Waals surface area contributed by atoms with Crippen LogP contribution in [0.15, 0.2) is 65.8 Å². The molecule has 0 unspecified atom stereocenters. The van der Waals surface area contributed by atoms with Crippen LogP contribution >= 0.6 is 0 Å². The van der Waals surface area contributed by atoms with E-state index in [0.717, 1.165) is 37.0 Å². The number of nitrogen functional groups attached to an aromatic ring is 1. The van der Waals surface area contributed by atoms with Crippen LogP contribution in [0.1, 0.15) is 42.5 Å². The van der Waals surface area contributed by atoms with Crippen molar-refractivity contribution in [2.45, 2.75) is 32.1 Å². The molecule has 1 aromatic carbocycles. The molecule has 118 valence electrons. The number of aliphatic imine (C=N–C) groups is 1. The number of nitrogens with two attached hydrogens (primary N) is 1. The largest absolute Gasteiger partial charge is 0.399 e. The molecule has 0 atom stereocenters. The van der Waals surface area contributed by atoms with E-state index in [1.165, 1.54) is 6.42 Å². The van der Waals surface area contributed by atoms with Gasteiger partial charge < -0.3 is 5.73 Å². The van der Waals surface area contributed by atoms with Crippen LogP contribution in [0.3, 0.4) is 0 Å². The average Bonchev–Trinajstić information content (AvgIpc) is 2.55. The predicted molar refractivity (Wildman–Crippen MR) is 95.6 cm³/mol. The number of anilines is 1. The van der Waals surface area contributed by atoms with E-state index in [4.69, 9.17) is 5.73 Å². The molecule has 2 aliphatic rings. The minimum absolute atomic E-state index is 0.165. The van der Waals surface area contributed by atoms with Gasteiger partial charge in [-0.05, 0) is 49.3 Å². The zero-order valence-corrected chi connectivity index (χ0v) is 13.2. The monoisotopic (exact) mass is 306 g/mol. The van der Waals surface area contributed by atoms with Crippen LogP contribution in [0.5, 0.6) is 0 Å².